The number of sulfonamides is 1. The summed E-state index contributed by atoms with van der Waals surface area (Å²) in [5.74, 6) is -0.820. The predicted octanol–water partition coefficient (Wildman–Crippen LogP) is 2.63. The Morgan fingerprint density at radius 2 is 1.64 bits per heavy atom. The molecule has 0 unspecified atom stereocenters. The molecule has 144 valence electrons. The van der Waals surface area contributed by atoms with Crippen LogP contribution in [0, 0.1) is 5.82 Å². The molecule has 2 N–H and O–H groups in total. The lowest BCUT2D eigenvalue weighted by Crippen LogP contribution is -2.25. The van der Waals surface area contributed by atoms with Crippen LogP contribution in [0.25, 0.3) is 0 Å². The largest absolute Gasteiger partial charge is 0.346 e. The highest BCUT2D eigenvalue weighted by Gasteiger charge is 2.15. The van der Waals surface area contributed by atoms with Gasteiger partial charge in [0.15, 0.2) is 0 Å². The van der Waals surface area contributed by atoms with Crippen LogP contribution in [0.15, 0.2) is 77.8 Å². The molecule has 6 nitrogen and oxygen atoms in total. The van der Waals surface area contributed by atoms with Gasteiger partial charge in [0, 0.05) is 23.9 Å². The molecular formula is C20H18FN3O3S. The standard InChI is InChI=1S/C20H18FN3O3S/c21-19-7-2-1-5-16(19)13-24-28(26,27)18-10-8-15(9-11-18)20(25)23-14-17-6-3-4-12-22-17/h1-12,24H,13-14H2,(H,23,25). The van der Waals surface area contributed by atoms with Crippen LogP contribution >= 0.6 is 0 Å². The van der Waals surface area contributed by atoms with Crippen molar-refractivity contribution in [2.45, 2.75) is 18.0 Å². The monoisotopic (exact) mass is 399 g/mol. The molecule has 3 rings (SSSR count). The first-order chi connectivity index (χ1) is 13.5. The second-order valence-electron chi connectivity index (χ2n) is 5.94. The number of benzene rings is 2. The highest BCUT2D eigenvalue weighted by molar-refractivity contribution is 7.89. The molecule has 1 heterocycles. The molecule has 0 spiro atoms. The topological polar surface area (TPSA) is 88.2 Å². The Morgan fingerprint density at radius 1 is 0.929 bits per heavy atom. The maximum atomic E-state index is 13.6. The van der Waals surface area contributed by atoms with Gasteiger partial charge in [0.2, 0.25) is 10.0 Å². The van der Waals surface area contributed by atoms with E-state index in [0.717, 1.165) is 0 Å². The molecule has 28 heavy (non-hydrogen) atoms. The molecule has 0 aliphatic heterocycles. The van der Waals surface area contributed by atoms with Crippen LogP contribution in [0.4, 0.5) is 4.39 Å². The summed E-state index contributed by atoms with van der Waals surface area (Å²) >= 11 is 0. The number of halogens is 1. The number of amides is 1. The van der Waals surface area contributed by atoms with Gasteiger partial charge in [-0.15, -0.1) is 0 Å². The number of carbonyl (C=O) groups excluding carboxylic acids is 1. The molecule has 0 saturated carbocycles. The van der Waals surface area contributed by atoms with Crippen molar-refractivity contribution >= 4 is 15.9 Å². The Hall–Kier alpha value is -3.10. The van der Waals surface area contributed by atoms with Gasteiger partial charge in [-0.3, -0.25) is 9.78 Å². The summed E-state index contributed by atoms with van der Waals surface area (Å²) in [4.78, 5) is 16.3. The molecule has 0 aliphatic carbocycles. The van der Waals surface area contributed by atoms with Crippen LogP contribution in [0.3, 0.4) is 0 Å². The van der Waals surface area contributed by atoms with Crippen molar-refractivity contribution in [1.29, 1.82) is 0 Å². The number of hydrogen-bond donors (Lipinski definition) is 2. The number of rotatable bonds is 7. The highest BCUT2D eigenvalue weighted by Crippen LogP contribution is 2.13. The van der Waals surface area contributed by atoms with Gasteiger partial charge < -0.3 is 5.32 Å². The summed E-state index contributed by atoms with van der Waals surface area (Å²) in [6, 6.07) is 16.8. The second kappa shape index (κ2) is 8.73. The van der Waals surface area contributed by atoms with Crippen LogP contribution < -0.4 is 10.0 Å². The van der Waals surface area contributed by atoms with Crippen molar-refractivity contribution in [1.82, 2.24) is 15.0 Å². The van der Waals surface area contributed by atoms with Crippen LogP contribution in [0.5, 0.6) is 0 Å². The van der Waals surface area contributed by atoms with E-state index in [2.05, 4.69) is 15.0 Å². The molecule has 0 fully saturated rings. The number of carbonyl (C=O) groups is 1. The molecule has 1 aromatic heterocycles. The molecule has 2 aromatic carbocycles. The van der Waals surface area contributed by atoms with E-state index in [-0.39, 0.29) is 29.5 Å². The van der Waals surface area contributed by atoms with Gasteiger partial charge in [-0.1, -0.05) is 24.3 Å². The summed E-state index contributed by atoms with van der Waals surface area (Å²) in [5.41, 5.74) is 1.29. The van der Waals surface area contributed by atoms with Crippen LogP contribution in [-0.4, -0.2) is 19.3 Å². The zero-order valence-corrected chi connectivity index (χ0v) is 15.6. The van der Waals surface area contributed by atoms with E-state index in [1.165, 1.54) is 42.5 Å². The fraction of sp³-hybridized carbons (Fsp3) is 0.100. The maximum Gasteiger partial charge on any atom is 0.251 e. The van der Waals surface area contributed by atoms with Gasteiger partial charge in [-0.05, 0) is 42.5 Å². The van der Waals surface area contributed by atoms with Crippen molar-refractivity contribution in [3.63, 3.8) is 0 Å². The molecule has 0 atom stereocenters. The minimum absolute atomic E-state index is 0.00915. The van der Waals surface area contributed by atoms with Gasteiger partial charge >= 0.3 is 0 Å². The molecule has 0 radical (unpaired) electrons. The van der Waals surface area contributed by atoms with Gasteiger partial charge in [0.25, 0.3) is 5.91 Å². The first-order valence-electron chi connectivity index (χ1n) is 8.47. The molecule has 0 aliphatic rings. The maximum absolute atomic E-state index is 13.6. The van der Waals surface area contributed by atoms with E-state index in [4.69, 9.17) is 0 Å². The molecule has 3 aromatic rings. The lowest BCUT2D eigenvalue weighted by Gasteiger charge is -2.09. The summed E-state index contributed by atoms with van der Waals surface area (Å²) < 4.78 is 40.7. The van der Waals surface area contributed by atoms with E-state index in [1.807, 2.05) is 6.07 Å². The fourth-order valence-corrected chi connectivity index (χ4v) is 3.47. The lowest BCUT2D eigenvalue weighted by atomic mass is 10.2. The molecular weight excluding hydrogens is 381 g/mol. The summed E-state index contributed by atoms with van der Waals surface area (Å²) in [6.07, 6.45) is 1.63. The third kappa shape index (κ3) is 4.99. The van der Waals surface area contributed by atoms with Crippen molar-refractivity contribution in [2.24, 2.45) is 0 Å². The van der Waals surface area contributed by atoms with Crippen molar-refractivity contribution in [3.05, 3.63) is 95.6 Å². The van der Waals surface area contributed by atoms with Gasteiger partial charge in [0.05, 0.1) is 17.1 Å². The van der Waals surface area contributed by atoms with E-state index in [0.29, 0.717) is 11.3 Å². The quantitative estimate of drug-likeness (QED) is 0.639. The Balaban J connectivity index is 1.62. The van der Waals surface area contributed by atoms with Gasteiger partial charge in [-0.2, -0.15) is 0 Å². The predicted molar refractivity (Wildman–Crippen MR) is 102 cm³/mol. The molecule has 1 amide bonds. The minimum atomic E-state index is -3.83. The average Bonchev–Trinajstić information content (AvgIpc) is 2.72. The Bertz CT molecular complexity index is 1060. The van der Waals surface area contributed by atoms with E-state index >= 15 is 0 Å². The van der Waals surface area contributed by atoms with Crippen LogP contribution in [0.2, 0.25) is 0 Å². The average molecular weight is 399 g/mol. The highest BCUT2D eigenvalue weighted by atomic mass is 32.2. The summed E-state index contributed by atoms with van der Waals surface area (Å²) in [6.45, 7) is 0.102. The Morgan fingerprint density at radius 3 is 2.32 bits per heavy atom. The van der Waals surface area contributed by atoms with Crippen molar-refractivity contribution in [3.8, 4) is 0 Å². The van der Waals surface area contributed by atoms with Gasteiger partial charge in [-0.25, -0.2) is 17.5 Å². The van der Waals surface area contributed by atoms with Crippen LogP contribution in [-0.2, 0) is 23.1 Å². The number of aromatic nitrogens is 1. The zero-order valence-electron chi connectivity index (χ0n) is 14.8. The second-order valence-corrected chi connectivity index (χ2v) is 7.71. The first-order valence-corrected chi connectivity index (χ1v) is 9.95. The summed E-state index contributed by atoms with van der Waals surface area (Å²) in [5, 5.41) is 2.72. The summed E-state index contributed by atoms with van der Waals surface area (Å²) in [7, 11) is -3.83. The number of hydrogen-bond acceptors (Lipinski definition) is 4. The SMILES string of the molecule is O=C(NCc1ccccn1)c1ccc(S(=O)(=O)NCc2ccccc2F)cc1. The molecule has 0 bridgehead atoms. The molecule has 0 saturated heterocycles. The van der Waals surface area contributed by atoms with Crippen LogP contribution in [0.1, 0.15) is 21.6 Å². The Labute approximate surface area is 162 Å². The zero-order chi connectivity index (χ0) is 20.0. The van der Waals surface area contributed by atoms with E-state index in [9.17, 15) is 17.6 Å². The number of pyridine rings is 1. The van der Waals surface area contributed by atoms with Crippen molar-refractivity contribution < 1.29 is 17.6 Å². The minimum Gasteiger partial charge on any atom is -0.346 e. The Kier molecular flexibility index (Phi) is 6.13. The normalized spacial score (nSPS) is 11.2. The fourth-order valence-electron chi connectivity index (χ4n) is 2.46. The van der Waals surface area contributed by atoms with E-state index in [1.54, 1.807) is 24.4 Å². The first kappa shape index (κ1) is 19.7. The van der Waals surface area contributed by atoms with E-state index < -0.39 is 15.8 Å². The third-order valence-corrected chi connectivity index (χ3v) is 5.41. The smallest absolute Gasteiger partial charge is 0.251 e. The number of nitrogens with zero attached hydrogens (tertiary/aromatic N) is 1. The molecule has 8 heteroatoms. The van der Waals surface area contributed by atoms with Gasteiger partial charge in [0.1, 0.15) is 5.82 Å². The lowest BCUT2D eigenvalue weighted by molar-refractivity contribution is 0.0950. The third-order valence-electron chi connectivity index (χ3n) is 3.99. The van der Waals surface area contributed by atoms with Crippen molar-refractivity contribution in [2.75, 3.05) is 0 Å². The number of nitrogens with one attached hydrogen (secondary N) is 2.